The van der Waals surface area contributed by atoms with Crippen molar-refractivity contribution < 1.29 is 14.2 Å². The van der Waals surface area contributed by atoms with Gasteiger partial charge in [0.15, 0.2) is 0 Å². The van der Waals surface area contributed by atoms with Gasteiger partial charge in [0.05, 0.1) is 5.60 Å². The second-order valence-corrected chi connectivity index (χ2v) is 6.70. The first-order valence-corrected chi connectivity index (χ1v) is 8.72. The third-order valence-corrected chi connectivity index (χ3v) is 4.65. The molecule has 2 aromatic carbocycles. The van der Waals surface area contributed by atoms with Crippen LogP contribution in [0.25, 0.3) is 0 Å². The van der Waals surface area contributed by atoms with Gasteiger partial charge >= 0.3 is 0 Å². The maximum Gasteiger partial charge on any atom is 0.127 e. The van der Waals surface area contributed by atoms with Crippen molar-refractivity contribution in [1.82, 2.24) is 10.2 Å². The highest BCUT2D eigenvalue weighted by Crippen LogP contribution is 2.28. The molecule has 0 amide bonds. The largest absolute Gasteiger partial charge is 0.457 e. The first-order chi connectivity index (χ1) is 12.0. The molecule has 2 N–H and O–H groups in total. The molecule has 1 unspecified atom stereocenters. The van der Waals surface area contributed by atoms with Gasteiger partial charge in [0.25, 0.3) is 0 Å². The number of benzene rings is 2. The monoisotopic (exact) mass is 344 g/mol. The summed E-state index contributed by atoms with van der Waals surface area (Å²) in [6.45, 7) is 6.81. The van der Waals surface area contributed by atoms with Crippen molar-refractivity contribution in [1.29, 1.82) is 0 Å². The van der Waals surface area contributed by atoms with E-state index >= 15 is 0 Å². The van der Waals surface area contributed by atoms with Crippen LogP contribution in [0.2, 0.25) is 0 Å². The number of piperazine rings is 1. The lowest BCUT2D eigenvalue weighted by molar-refractivity contribution is 0.0345. The highest BCUT2D eigenvalue weighted by Gasteiger charge is 2.24. The Bertz CT molecular complexity index is 665. The maximum absolute atomic E-state index is 12.9. The summed E-state index contributed by atoms with van der Waals surface area (Å²) < 4.78 is 18.6. The van der Waals surface area contributed by atoms with Crippen LogP contribution in [-0.2, 0) is 5.60 Å². The average molecular weight is 344 g/mol. The van der Waals surface area contributed by atoms with Crippen molar-refractivity contribution in [2.75, 3.05) is 32.7 Å². The average Bonchev–Trinajstić information content (AvgIpc) is 2.63. The number of hydrogen-bond donors (Lipinski definition) is 2. The lowest BCUT2D eigenvalue weighted by Gasteiger charge is -2.31. The van der Waals surface area contributed by atoms with Crippen molar-refractivity contribution in [3.05, 3.63) is 59.9 Å². The minimum absolute atomic E-state index is 0.289. The molecule has 0 radical (unpaired) electrons. The van der Waals surface area contributed by atoms with E-state index in [2.05, 4.69) is 10.2 Å². The number of rotatable bonds is 6. The molecule has 4 nitrogen and oxygen atoms in total. The van der Waals surface area contributed by atoms with Gasteiger partial charge in [-0.25, -0.2) is 4.39 Å². The summed E-state index contributed by atoms with van der Waals surface area (Å²) in [6.07, 6.45) is 0.686. The molecule has 1 heterocycles. The van der Waals surface area contributed by atoms with E-state index in [0.717, 1.165) is 38.3 Å². The standard InChI is InChI=1S/C20H25FN2O2/c1-20(24,10-13-23-14-11-22-12-15-23)16-2-6-18(7-3-16)25-19-8-4-17(21)5-9-19/h2-9,22,24H,10-15H2,1H3. The molecule has 0 spiro atoms. The van der Waals surface area contributed by atoms with Crippen LogP contribution in [0, 0.1) is 5.82 Å². The molecular formula is C20H25FN2O2. The van der Waals surface area contributed by atoms with Crippen LogP contribution < -0.4 is 10.1 Å². The molecule has 1 aliphatic heterocycles. The van der Waals surface area contributed by atoms with Crippen LogP contribution in [-0.4, -0.2) is 42.7 Å². The molecule has 1 aliphatic rings. The SMILES string of the molecule is CC(O)(CCN1CCNCC1)c1ccc(Oc2ccc(F)cc2)cc1. The molecule has 134 valence electrons. The van der Waals surface area contributed by atoms with Crippen LogP contribution >= 0.6 is 0 Å². The number of aliphatic hydroxyl groups is 1. The molecule has 0 saturated carbocycles. The van der Waals surface area contributed by atoms with E-state index < -0.39 is 5.60 Å². The quantitative estimate of drug-likeness (QED) is 0.845. The van der Waals surface area contributed by atoms with E-state index in [1.165, 1.54) is 12.1 Å². The molecular weight excluding hydrogens is 319 g/mol. The van der Waals surface area contributed by atoms with Gasteiger partial charge in [-0.05, 0) is 55.3 Å². The topological polar surface area (TPSA) is 44.7 Å². The molecule has 25 heavy (non-hydrogen) atoms. The molecule has 0 aromatic heterocycles. The molecule has 2 aromatic rings. The van der Waals surface area contributed by atoms with E-state index in [9.17, 15) is 9.50 Å². The van der Waals surface area contributed by atoms with Crippen molar-refractivity contribution in [3.8, 4) is 11.5 Å². The van der Waals surface area contributed by atoms with E-state index in [0.29, 0.717) is 17.9 Å². The van der Waals surface area contributed by atoms with Crippen LogP contribution in [0.3, 0.4) is 0 Å². The summed E-state index contributed by atoms with van der Waals surface area (Å²) in [5, 5.41) is 14.1. The summed E-state index contributed by atoms with van der Waals surface area (Å²) in [7, 11) is 0. The Morgan fingerprint density at radius 1 is 1.04 bits per heavy atom. The minimum atomic E-state index is -0.876. The fourth-order valence-electron chi connectivity index (χ4n) is 2.98. The van der Waals surface area contributed by atoms with E-state index in [1.807, 2.05) is 31.2 Å². The van der Waals surface area contributed by atoms with Crippen molar-refractivity contribution >= 4 is 0 Å². The second kappa shape index (κ2) is 7.95. The highest BCUT2D eigenvalue weighted by atomic mass is 19.1. The van der Waals surface area contributed by atoms with Crippen LogP contribution in [0.1, 0.15) is 18.9 Å². The molecule has 0 bridgehead atoms. The van der Waals surface area contributed by atoms with E-state index in [4.69, 9.17) is 4.74 Å². The fraction of sp³-hybridized carbons (Fsp3) is 0.400. The predicted octanol–water partition coefficient (Wildman–Crippen LogP) is 3.12. The highest BCUT2D eigenvalue weighted by molar-refractivity contribution is 5.34. The zero-order valence-electron chi connectivity index (χ0n) is 14.5. The zero-order chi connectivity index (χ0) is 17.7. The summed E-state index contributed by atoms with van der Waals surface area (Å²) >= 11 is 0. The van der Waals surface area contributed by atoms with Crippen LogP contribution in [0.4, 0.5) is 4.39 Å². The zero-order valence-corrected chi connectivity index (χ0v) is 14.5. The Morgan fingerprint density at radius 2 is 1.60 bits per heavy atom. The predicted molar refractivity (Wildman–Crippen MR) is 96.4 cm³/mol. The maximum atomic E-state index is 12.9. The lowest BCUT2D eigenvalue weighted by atomic mass is 9.92. The van der Waals surface area contributed by atoms with Crippen molar-refractivity contribution in [2.24, 2.45) is 0 Å². The summed E-state index contributed by atoms with van der Waals surface area (Å²) in [5.74, 6) is 0.955. The number of hydrogen-bond acceptors (Lipinski definition) is 4. The third-order valence-electron chi connectivity index (χ3n) is 4.65. The van der Waals surface area contributed by atoms with Crippen molar-refractivity contribution in [3.63, 3.8) is 0 Å². The smallest absolute Gasteiger partial charge is 0.127 e. The van der Waals surface area contributed by atoms with Crippen LogP contribution in [0.15, 0.2) is 48.5 Å². The van der Waals surface area contributed by atoms with E-state index in [1.54, 1.807) is 12.1 Å². The second-order valence-electron chi connectivity index (χ2n) is 6.70. The molecule has 3 rings (SSSR count). The molecule has 1 atom stereocenters. The Balaban J connectivity index is 1.58. The number of halogens is 1. The first kappa shape index (κ1) is 17.9. The molecule has 1 fully saturated rings. The van der Waals surface area contributed by atoms with Gasteiger partial charge in [0.2, 0.25) is 0 Å². The minimum Gasteiger partial charge on any atom is -0.457 e. The molecule has 5 heteroatoms. The summed E-state index contributed by atoms with van der Waals surface area (Å²) in [4.78, 5) is 2.37. The van der Waals surface area contributed by atoms with Gasteiger partial charge < -0.3 is 20.1 Å². The van der Waals surface area contributed by atoms with Gasteiger partial charge in [-0.2, -0.15) is 0 Å². The Hall–Kier alpha value is -1.95. The summed E-state index contributed by atoms with van der Waals surface area (Å²) in [5.41, 5.74) is -0.00618. The Morgan fingerprint density at radius 3 is 2.20 bits per heavy atom. The van der Waals surface area contributed by atoms with Crippen LogP contribution in [0.5, 0.6) is 11.5 Å². The normalized spacial score (nSPS) is 17.9. The summed E-state index contributed by atoms with van der Waals surface area (Å²) in [6, 6.07) is 13.3. The number of ether oxygens (including phenoxy) is 1. The fourth-order valence-corrected chi connectivity index (χ4v) is 2.98. The van der Waals surface area contributed by atoms with E-state index in [-0.39, 0.29) is 5.82 Å². The Kier molecular flexibility index (Phi) is 5.68. The number of nitrogens with zero attached hydrogens (tertiary/aromatic N) is 1. The third kappa shape index (κ3) is 5.01. The van der Waals surface area contributed by atoms with Crippen molar-refractivity contribution in [2.45, 2.75) is 18.9 Å². The number of nitrogens with one attached hydrogen (secondary N) is 1. The van der Waals surface area contributed by atoms with Gasteiger partial charge in [0, 0.05) is 32.7 Å². The van der Waals surface area contributed by atoms with Gasteiger partial charge in [0.1, 0.15) is 17.3 Å². The Labute approximate surface area is 148 Å². The molecule has 0 aliphatic carbocycles. The van der Waals surface area contributed by atoms with Gasteiger partial charge in [-0.1, -0.05) is 12.1 Å². The van der Waals surface area contributed by atoms with Gasteiger partial charge in [-0.3, -0.25) is 0 Å². The first-order valence-electron chi connectivity index (χ1n) is 8.72. The molecule has 1 saturated heterocycles. The van der Waals surface area contributed by atoms with Gasteiger partial charge in [-0.15, -0.1) is 0 Å². The lowest BCUT2D eigenvalue weighted by Crippen LogP contribution is -2.45.